The number of aliphatic hydroxyl groups excluding tert-OH is 2. The molecule has 1 aromatic carbocycles. The number of rotatable bonds is 10. The van der Waals surface area contributed by atoms with Gasteiger partial charge in [0.2, 0.25) is 0 Å². The van der Waals surface area contributed by atoms with Crippen LogP contribution in [0.25, 0.3) is 10.1 Å². The van der Waals surface area contributed by atoms with E-state index in [0.29, 0.717) is 6.42 Å². The summed E-state index contributed by atoms with van der Waals surface area (Å²) in [5, 5.41) is 22.0. The van der Waals surface area contributed by atoms with Crippen LogP contribution >= 0.6 is 11.3 Å². The Hall–Kier alpha value is -1.82. The zero-order chi connectivity index (χ0) is 19.9. The number of carbonyl (C=O) groups excluding carboxylic acids is 2. The van der Waals surface area contributed by atoms with Gasteiger partial charge in [0, 0.05) is 34.3 Å². The van der Waals surface area contributed by atoms with Gasteiger partial charge in [-0.05, 0) is 30.4 Å². The molecule has 1 aliphatic carbocycles. The zero-order valence-electron chi connectivity index (χ0n) is 16.0. The number of hydrogen-bond acceptors (Lipinski definition) is 5. The Balaban J connectivity index is 1.59. The van der Waals surface area contributed by atoms with Gasteiger partial charge in [-0.1, -0.05) is 49.6 Å². The van der Waals surface area contributed by atoms with E-state index in [9.17, 15) is 19.8 Å². The lowest BCUT2D eigenvalue weighted by molar-refractivity contribution is -0.121. The molecule has 1 heterocycles. The lowest BCUT2D eigenvalue weighted by atomic mass is 9.88. The lowest BCUT2D eigenvalue weighted by Crippen LogP contribution is -2.18. The molecule has 1 fully saturated rings. The molecular weight excluding hydrogens is 372 g/mol. The van der Waals surface area contributed by atoms with Crippen LogP contribution in [0.2, 0.25) is 0 Å². The Morgan fingerprint density at radius 2 is 1.96 bits per heavy atom. The summed E-state index contributed by atoms with van der Waals surface area (Å²) in [5.41, 5.74) is 0. The normalized spacial score (nSPS) is 23.6. The number of carbonyl (C=O) groups is 2. The Kier molecular flexibility index (Phi) is 7.54. The summed E-state index contributed by atoms with van der Waals surface area (Å²) in [7, 11) is 0. The van der Waals surface area contributed by atoms with Crippen LogP contribution in [0.15, 0.2) is 42.5 Å². The first-order chi connectivity index (χ1) is 13.6. The summed E-state index contributed by atoms with van der Waals surface area (Å²) in [6.07, 6.45) is 8.46. The predicted molar refractivity (Wildman–Crippen MR) is 112 cm³/mol. The molecule has 150 valence electrons. The van der Waals surface area contributed by atoms with Gasteiger partial charge < -0.3 is 15.0 Å². The molecule has 1 saturated carbocycles. The molecule has 2 aromatic rings. The molecule has 4 atom stereocenters. The molecule has 4 nitrogen and oxygen atoms in total. The molecule has 0 unspecified atom stereocenters. The molecule has 0 spiro atoms. The average molecular weight is 401 g/mol. The van der Waals surface area contributed by atoms with E-state index >= 15 is 0 Å². The van der Waals surface area contributed by atoms with E-state index in [1.54, 1.807) is 17.4 Å². The van der Waals surface area contributed by atoms with Crippen molar-refractivity contribution in [1.29, 1.82) is 0 Å². The highest BCUT2D eigenvalue weighted by atomic mass is 32.1. The molecule has 28 heavy (non-hydrogen) atoms. The van der Waals surface area contributed by atoms with Gasteiger partial charge in [0.25, 0.3) is 0 Å². The highest BCUT2D eigenvalue weighted by Crippen LogP contribution is 2.36. The number of ketones is 1. The number of unbranched alkanes of at least 4 members (excludes halogenated alkanes) is 4. The van der Waals surface area contributed by atoms with Crippen molar-refractivity contribution in [3.05, 3.63) is 47.4 Å². The third-order valence-electron chi connectivity index (χ3n) is 5.57. The minimum Gasteiger partial charge on any atom is -0.392 e. The van der Waals surface area contributed by atoms with Crippen LogP contribution in [0.4, 0.5) is 0 Å². The fourth-order valence-electron chi connectivity index (χ4n) is 4.01. The van der Waals surface area contributed by atoms with Crippen molar-refractivity contribution in [3.8, 4) is 0 Å². The van der Waals surface area contributed by atoms with Crippen molar-refractivity contribution in [1.82, 2.24) is 0 Å². The maximum absolute atomic E-state index is 12.3. The first-order valence-corrected chi connectivity index (χ1v) is 10.9. The van der Waals surface area contributed by atoms with Crippen molar-refractivity contribution in [3.63, 3.8) is 0 Å². The zero-order valence-corrected chi connectivity index (χ0v) is 16.8. The highest BCUT2D eigenvalue weighted by Gasteiger charge is 2.39. The summed E-state index contributed by atoms with van der Waals surface area (Å²) < 4.78 is 1.13. The average Bonchev–Trinajstić information content (AvgIpc) is 3.23. The Bertz CT molecular complexity index is 792. The largest absolute Gasteiger partial charge is 0.392 e. The topological polar surface area (TPSA) is 74.6 Å². The van der Waals surface area contributed by atoms with Gasteiger partial charge in [0.15, 0.2) is 0 Å². The van der Waals surface area contributed by atoms with Gasteiger partial charge >= 0.3 is 0 Å². The predicted octanol–water partition coefficient (Wildman–Crippen LogP) is 4.60. The van der Waals surface area contributed by atoms with E-state index in [1.807, 2.05) is 36.4 Å². The summed E-state index contributed by atoms with van der Waals surface area (Å²) in [6, 6.07) is 10.0. The summed E-state index contributed by atoms with van der Waals surface area (Å²) >= 11 is 1.56. The Morgan fingerprint density at radius 3 is 2.75 bits per heavy atom. The van der Waals surface area contributed by atoms with E-state index in [0.717, 1.165) is 53.4 Å². The SMILES string of the molecule is O=CCCCCCC[C@H]1C(=O)C[C@@H](O)[C@@H]1/C=C/[C@@H](O)c1cc2ccccc2s1. The van der Waals surface area contributed by atoms with Crippen LogP contribution < -0.4 is 0 Å². The van der Waals surface area contributed by atoms with Gasteiger partial charge in [-0.15, -0.1) is 11.3 Å². The fraction of sp³-hybridized carbons (Fsp3) is 0.478. The first kappa shape index (κ1) is 20.9. The third-order valence-corrected chi connectivity index (χ3v) is 6.76. The molecule has 5 heteroatoms. The third kappa shape index (κ3) is 5.16. The smallest absolute Gasteiger partial charge is 0.139 e. The number of hydrogen-bond donors (Lipinski definition) is 2. The van der Waals surface area contributed by atoms with Crippen LogP contribution in [0, 0.1) is 11.8 Å². The molecule has 2 N–H and O–H groups in total. The Morgan fingerprint density at radius 1 is 1.18 bits per heavy atom. The van der Waals surface area contributed by atoms with E-state index in [1.165, 1.54) is 0 Å². The van der Waals surface area contributed by atoms with E-state index in [4.69, 9.17) is 0 Å². The van der Waals surface area contributed by atoms with E-state index in [2.05, 4.69) is 0 Å². The quantitative estimate of drug-likeness (QED) is 0.347. The van der Waals surface area contributed by atoms with Crippen molar-refractivity contribution in [2.75, 3.05) is 0 Å². The molecule has 1 aliphatic rings. The van der Waals surface area contributed by atoms with Gasteiger partial charge in [0.1, 0.15) is 18.2 Å². The van der Waals surface area contributed by atoms with E-state index in [-0.39, 0.29) is 24.0 Å². The van der Waals surface area contributed by atoms with Crippen LogP contribution in [-0.2, 0) is 9.59 Å². The summed E-state index contributed by atoms with van der Waals surface area (Å²) in [6.45, 7) is 0. The molecule has 0 radical (unpaired) electrons. The van der Waals surface area contributed by atoms with Gasteiger partial charge in [0.05, 0.1) is 6.10 Å². The van der Waals surface area contributed by atoms with Crippen molar-refractivity contribution in [2.45, 2.75) is 57.2 Å². The van der Waals surface area contributed by atoms with Crippen molar-refractivity contribution < 1.29 is 19.8 Å². The molecule has 1 aromatic heterocycles. The first-order valence-electron chi connectivity index (χ1n) is 10.1. The summed E-state index contributed by atoms with van der Waals surface area (Å²) in [4.78, 5) is 23.5. The number of aldehydes is 1. The highest BCUT2D eigenvalue weighted by molar-refractivity contribution is 7.19. The Labute approximate surface area is 169 Å². The standard InChI is InChI=1S/C23H28O4S/c24-13-7-3-1-2-4-9-17-18(21(27)15-20(17)26)11-12-19(25)23-14-16-8-5-6-10-22(16)28-23/h5-6,8,10-14,17-19,21,25,27H,1-4,7,9,15H2/b12-11+/t17-,18-,19-,21-/m1/s1. The maximum Gasteiger partial charge on any atom is 0.139 e. The van der Waals surface area contributed by atoms with E-state index < -0.39 is 12.2 Å². The number of aliphatic hydroxyl groups is 2. The van der Waals surface area contributed by atoms with Gasteiger partial charge in [-0.25, -0.2) is 0 Å². The minimum atomic E-state index is -0.732. The van der Waals surface area contributed by atoms with Crippen LogP contribution in [-0.4, -0.2) is 28.4 Å². The molecular formula is C23H28O4S. The molecule has 0 bridgehead atoms. The van der Waals surface area contributed by atoms with Gasteiger partial charge in [-0.3, -0.25) is 4.79 Å². The van der Waals surface area contributed by atoms with Crippen LogP contribution in [0.1, 0.15) is 55.9 Å². The van der Waals surface area contributed by atoms with Gasteiger partial charge in [-0.2, -0.15) is 0 Å². The van der Waals surface area contributed by atoms with Crippen LogP contribution in [0.5, 0.6) is 0 Å². The second kappa shape index (κ2) is 10.1. The number of benzene rings is 1. The molecule has 0 saturated heterocycles. The second-order valence-electron chi connectivity index (χ2n) is 7.60. The monoisotopic (exact) mass is 400 g/mol. The minimum absolute atomic E-state index is 0.117. The summed E-state index contributed by atoms with van der Waals surface area (Å²) in [5.74, 6) is -0.287. The lowest BCUT2D eigenvalue weighted by Gasteiger charge is -2.18. The number of thiophene rings is 1. The molecule has 0 amide bonds. The van der Waals surface area contributed by atoms with Crippen molar-refractivity contribution >= 4 is 33.5 Å². The molecule has 0 aliphatic heterocycles. The van der Waals surface area contributed by atoms with Crippen LogP contribution in [0.3, 0.4) is 0 Å². The molecule has 3 rings (SSSR count). The number of Topliss-reactive ketones (excluding diaryl/α,β-unsaturated/α-hetero) is 1. The number of fused-ring (bicyclic) bond motifs is 1. The second-order valence-corrected chi connectivity index (χ2v) is 8.71. The fourth-order valence-corrected chi connectivity index (χ4v) is 5.04. The van der Waals surface area contributed by atoms with Crippen molar-refractivity contribution in [2.24, 2.45) is 11.8 Å². The maximum atomic E-state index is 12.3.